The summed E-state index contributed by atoms with van der Waals surface area (Å²) in [5.74, 6) is 0. The summed E-state index contributed by atoms with van der Waals surface area (Å²) in [6, 6.07) is 57.0. The molecule has 0 unspecified atom stereocenters. The van der Waals surface area contributed by atoms with E-state index in [1.54, 1.807) is 0 Å². The van der Waals surface area contributed by atoms with Crippen LogP contribution >= 0.6 is 0 Å². The number of hydrogen-bond donors (Lipinski definition) is 0. The van der Waals surface area contributed by atoms with Crippen molar-refractivity contribution in [1.82, 2.24) is 39.9 Å². The summed E-state index contributed by atoms with van der Waals surface area (Å²) in [5.41, 5.74) is 36.6. The fraction of sp³-hybridized carbons (Fsp3) is 0.387. The van der Waals surface area contributed by atoms with Crippen LogP contribution in [-0.2, 0) is 98.0 Å². The van der Waals surface area contributed by atoms with Gasteiger partial charge in [0.2, 0.25) is 0 Å². The van der Waals surface area contributed by atoms with Gasteiger partial charge in [0, 0.05) is 0 Å². The monoisotopic (exact) mass is 1860 g/mol. The van der Waals surface area contributed by atoms with Gasteiger partial charge in [-0.3, -0.25) is 0 Å². The molecule has 16 bridgehead atoms. The number of nitrogens with zero attached hydrogens (tertiary/aromatic N) is 8. The van der Waals surface area contributed by atoms with Crippen LogP contribution in [0.3, 0.4) is 0 Å². The summed E-state index contributed by atoms with van der Waals surface area (Å²) in [4.78, 5) is 49.5. The zero-order valence-corrected chi connectivity index (χ0v) is 88.7. The van der Waals surface area contributed by atoms with Gasteiger partial charge in [-0.2, -0.15) is 0 Å². The fourth-order valence-corrected chi connectivity index (χ4v) is 18.9. The van der Waals surface area contributed by atoms with Crippen molar-refractivity contribution in [3.05, 3.63) is 258 Å². The summed E-state index contributed by atoms with van der Waals surface area (Å²) in [5, 5.41) is 3.49. The molecule has 0 fully saturated rings. The van der Waals surface area contributed by atoms with Crippen LogP contribution < -0.4 is 19.9 Å². The van der Waals surface area contributed by atoms with Gasteiger partial charge in [0.1, 0.15) is 0 Å². The third-order valence-electron chi connectivity index (χ3n) is 27.7. The van der Waals surface area contributed by atoms with Gasteiger partial charge in [0.05, 0.1) is 45.6 Å². The second-order valence-electron chi connectivity index (χ2n) is 50.9. The molecule has 0 N–H and O–H groups in total. The maximum Gasteiger partial charge on any atom is 2.00 e. The predicted molar refractivity (Wildman–Crippen MR) is 570 cm³/mol. The molecule has 4 aliphatic rings. The Morgan fingerprint density at radius 1 is 0.164 bits per heavy atom. The first kappa shape index (κ1) is 98.0. The standard InChI is InChI=1S/C124H140N8.2Ni/c1-113(2,3)75-49-69(50-76(61-75)114(4,5)6)103-89-37-39-91(125-89)105(71-53-79(117(13,14)15)63-80(54-71)118(16,17)18)95-45-47-99(129-95)110-88-68-102-108(74-59-85(123(31,32)33)66-86(60-74)124(34,35)36)98-44-42-94(128-98)104(70-51-77(115(7,8)9)62-78(52-70)116(10,11)12)90-38-40-92(126-90)106(72-55-81(119(19,20)21)64-82(56-72)120(22,23)24)96-46-48-100(130-96)109(112(88)132-102)87-67-101(131-111(87)110)107(97-43-41-93(103)127-97)73-57-83(121(25,26)27)65-84(58-73)122(28,29)30;;/h37-68H,1-36H3;;/q-4;2*+2. The molecule has 696 valence electrons. The first-order chi connectivity index (χ1) is 60.9. The SMILES string of the molecule is CC(C)(C)c1cc(-c2c3nc(c(-c4cc(C(C)(C)C)cc(C(C)(C)C)c4)c4cc5c([n-]4)c(c4nc(c(-c6cc(C(C)(C)C)cc(C(C)(C)C)c6)c6ccc2[n-]6)C=C4)c2cc4[n-]c2c5c2nc(c(-c5cc(C(C)(C)C)cc(C(C)(C)C)c5)c5ccc([n-]5)c(-c5cc(C(C)(C)C)cc(C(C)(C)C)c5)c5nc(c4-c4cc(C(C)(C)C)cc(C(C)(C)C)c4)C=C5)C=C2)C=C3)cc(C(C)(C)C)c1.[Ni+2].[Ni+2]. The third kappa shape index (κ3) is 18.7. The molecule has 10 heterocycles. The minimum absolute atomic E-state index is 0. The van der Waals surface area contributed by atoms with E-state index in [0.29, 0.717) is 0 Å². The van der Waals surface area contributed by atoms with Crippen molar-refractivity contribution in [1.29, 1.82) is 0 Å². The summed E-state index contributed by atoms with van der Waals surface area (Å²) in [7, 11) is 0. The van der Waals surface area contributed by atoms with Crippen LogP contribution in [0.25, 0.3) is 181 Å². The average molecular weight is 1860 g/mol. The topological polar surface area (TPSA) is 108 Å². The zero-order valence-electron chi connectivity index (χ0n) is 86.7. The predicted octanol–water partition coefficient (Wildman–Crippen LogP) is 33.5. The maximum absolute atomic E-state index is 6.39. The molecule has 10 heteroatoms. The van der Waals surface area contributed by atoms with E-state index in [2.05, 4.69) is 443 Å². The number of hydrogen-bond acceptors (Lipinski definition) is 4. The summed E-state index contributed by atoms with van der Waals surface area (Å²) in [6.45, 7) is 83.7. The minimum atomic E-state index is -0.245. The Labute approximate surface area is 819 Å². The minimum Gasteiger partial charge on any atom is -0.657 e. The fourth-order valence-electron chi connectivity index (χ4n) is 18.9. The van der Waals surface area contributed by atoms with E-state index >= 15 is 0 Å². The first-order valence-corrected chi connectivity index (χ1v) is 48.1. The zero-order chi connectivity index (χ0) is 95.7. The van der Waals surface area contributed by atoms with Crippen molar-refractivity contribution in [2.75, 3.05) is 0 Å². The van der Waals surface area contributed by atoms with Crippen molar-refractivity contribution in [2.24, 2.45) is 0 Å². The Bertz CT molecular complexity index is 6820. The van der Waals surface area contributed by atoms with Crippen LogP contribution in [0.4, 0.5) is 0 Å². The molecule has 17 rings (SSSR count). The van der Waals surface area contributed by atoms with E-state index < -0.39 is 0 Å². The molecule has 0 spiro atoms. The molecule has 8 nitrogen and oxygen atoms in total. The van der Waals surface area contributed by atoms with E-state index in [0.717, 1.165) is 178 Å². The van der Waals surface area contributed by atoms with Crippen LogP contribution in [0.5, 0.6) is 0 Å². The van der Waals surface area contributed by atoms with Gasteiger partial charge in [-0.1, -0.05) is 395 Å². The molecule has 4 aliphatic heterocycles. The van der Waals surface area contributed by atoms with Gasteiger partial charge in [-0.05, 0) is 269 Å². The van der Waals surface area contributed by atoms with Gasteiger partial charge in [0.15, 0.2) is 0 Å². The molecule has 13 aromatic rings. The Morgan fingerprint density at radius 3 is 0.463 bits per heavy atom. The second kappa shape index (κ2) is 33.2. The van der Waals surface area contributed by atoms with Crippen molar-refractivity contribution < 1.29 is 33.0 Å². The smallest absolute Gasteiger partial charge is 0.657 e. The largest absolute Gasteiger partial charge is 2.00 e. The Balaban J connectivity index is 0.00000684. The molecule has 0 saturated carbocycles. The molecule has 0 radical (unpaired) electrons. The Kier molecular flexibility index (Phi) is 24.3. The van der Waals surface area contributed by atoms with Gasteiger partial charge in [-0.25, -0.2) is 19.9 Å². The van der Waals surface area contributed by atoms with E-state index in [-0.39, 0.29) is 98.0 Å². The summed E-state index contributed by atoms with van der Waals surface area (Å²) >= 11 is 0. The first-order valence-electron chi connectivity index (χ1n) is 48.1. The van der Waals surface area contributed by atoms with Crippen LogP contribution in [0, 0.1) is 0 Å². The van der Waals surface area contributed by atoms with Crippen molar-refractivity contribution in [3.63, 3.8) is 0 Å². The molecular formula is C124H140N8Ni2. The Morgan fingerprint density at radius 2 is 0.306 bits per heavy atom. The number of rotatable bonds is 6. The molecule has 0 aliphatic carbocycles. The van der Waals surface area contributed by atoms with E-state index in [1.807, 2.05) is 0 Å². The van der Waals surface area contributed by atoms with Gasteiger partial charge >= 0.3 is 33.0 Å². The number of fused-ring (bicyclic) bond motifs is 18. The molecule has 0 atom stereocenters. The van der Waals surface area contributed by atoms with Crippen LogP contribution in [0.1, 0.15) is 362 Å². The molecule has 7 aromatic carbocycles. The molecular weight excluding hydrogens is 1720 g/mol. The van der Waals surface area contributed by atoms with E-state index in [9.17, 15) is 0 Å². The number of benzene rings is 7. The van der Waals surface area contributed by atoms with Crippen molar-refractivity contribution in [2.45, 2.75) is 314 Å². The van der Waals surface area contributed by atoms with Crippen LogP contribution in [-0.4, -0.2) is 19.9 Å². The average Bonchev–Trinajstić information content (AvgIpc) is 1.55. The van der Waals surface area contributed by atoms with Crippen LogP contribution in [0.2, 0.25) is 0 Å². The van der Waals surface area contributed by atoms with E-state index in [1.165, 1.54) is 66.8 Å². The van der Waals surface area contributed by atoms with Crippen molar-refractivity contribution >= 4 is 114 Å². The molecule has 6 aromatic heterocycles. The normalized spacial score (nSPS) is 13.9. The Hall–Kier alpha value is -10.5. The summed E-state index contributed by atoms with van der Waals surface area (Å²) in [6.07, 6.45) is 18.0. The van der Waals surface area contributed by atoms with E-state index in [4.69, 9.17) is 39.9 Å². The molecule has 134 heavy (non-hydrogen) atoms. The second-order valence-corrected chi connectivity index (χ2v) is 50.9. The van der Waals surface area contributed by atoms with Crippen molar-refractivity contribution in [3.8, 4) is 66.8 Å². The summed E-state index contributed by atoms with van der Waals surface area (Å²) < 4.78 is 0. The van der Waals surface area contributed by atoms with Gasteiger partial charge in [0.25, 0.3) is 0 Å². The third-order valence-corrected chi connectivity index (χ3v) is 27.7. The van der Waals surface area contributed by atoms with Gasteiger partial charge < -0.3 is 19.9 Å². The van der Waals surface area contributed by atoms with Crippen LogP contribution in [0.15, 0.2) is 146 Å². The van der Waals surface area contributed by atoms with Gasteiger partial charge in [-0.15, -0.1) is 44.1 Å². The quantitative estimate of drug-likeness (QED) is 0.152. The molecule has 0 amide bonds. The number of aromatic nitrogens is 8. The maximum atomic E-state index is 6.39. The molecule has 0 saturated heterocycles.